The molecule has 1 fully saturated rings. The van der Waals surface area contributed by atoms with Crippen LogP contribution in [0.25, 0.3) is 0 Å². The molecule has 2 rings (SSSR count). The predicted molar refractivity (Wildman–Crippen MR) is 82.4 cm³/mol. The van der Waals surface area contributed by atoms with Crippen LogP contribution in [-0.2, 0) is 6.54 Å². The lowest BCUT2D eigenvalue weighted by Crippen LogP contribution is -2.42. The van der Waals surface area contributed by atoms with Crippen molar-refractivity contribution in [3.8, 4) is 0 Å². The molecule has 0 bridgehead atoms. The molecule has 1 aliphatic heterocycles. The van der Waals surface area contributed by atoms with Crippen molar-refractivity contribution in [1.29, 1.82) is 0 Å². The van der Waals surface area contributed by atoms with E-state index in [-0.39, 0.29) is 10.6 Å². The fourth-order valence-electron chi connectivity index (χ4n) is 2.76. The Morgan fingerprint density at radius 1 is 1.50 bits per heavy atom. The number of non-ortho nitro benzene ring substituents is 1. The average Bonchev–Trinajstić information content (AvgIpc) is 2.40. The van der Waals surface area contributed by atoms with Gasteiger partial charge in [0, 0.05) is 29.7 Å². The maximum atomic E-state index is 10.9. The number of rotatable bonds is 4. The van der Waals surface area contributed by atoms with Gasteiger partial charge in [0.1, 0.15) is 0 Å². The Bertz CT molecular complexity index is 495. The summed E-state index contributed by atoms with van der Waals surface area (Å²) in [6, 6.07) is 5.13. The normalized spacial score (nSPS) is 23.8. The van der Waals surface area contributed by atoms with E-state index in [2.05, 4.69) is 27.8 Å². The molecule has 0 saturated carbocycles. The third-order valence-corrected chi connectivity index (χ3v) is 4.52. The lowest BCUT2D eigenvalue weighted by Gasteiger charge is -2.36. The van der Waals surface area contributed by atoms with Crippen LogP contribution in [0.2, 0.25) is 0 Å². The van der Waals surface area contributed by atoms with Crippen LogP contribution in [-0.4, -0.2) is 29.5 Å². The topological polar surface area (TPSA) is 72.4 Å². The Morgan fingerprint density at radius 2 is 2.25 bits per heavy atom. The average molecular weight is 342 g/mol. The fraction of sp³-hybridized carbons (Fsp3) is 0.571. The second-order valence-corrected chi connectivity index (χ2v) is 6.49. The number of hydrogen-bond donors (Lipinski definition) is 1. The number of piperidine rings is 1. The van der Waals surface area contributed by atoms with E-state index in [9.17, 15) is 10.1 Å². The molecule has 1 aromatic rings. The molecule has 5 nitrogen and oxygen atoms in total. The highest BCUT2D eigenvalue weighted by Gasteiger charge is 2.25. The maximum absolute atomic E-state index is 10.9. The molecule has 110 valence electrons. The van der Waals surface area contributed by atoms with Crippen molar-refractivity contribution in [2.24, 2.45) is 17.6 Å². The van der Waals surface area contributed by atoms with Crippen molar-refractivity contribution in [3.05, 3.63) is 38.3 Å². The zero-order chi connectivity index (χ0) is 14.7. The Labute approximate surface area is 127 Å². The van der Waals surface area contributed by atoms with Crippen LogP contribution in [0.5, 0.6) is 0 Å². The number of nitrogens with two attached hydrogens (primary N) is 1. The number of nitro benzene ring substituents is 1. The summed E-state index contributed by atoms with van der Waals surface area (Å²) in [7, 11) is 0. The van der Waals surface area contributed by atoms with Gasteiger partial charge in [-0.05, 0) is 43.0 Å². The van der Waals surface area contributed by atoms with Crippen LogP contribution in [0.3, 0.4) is 0 Å². The molecule has 0 spiro atoms. The van der Waals surface area contributed by atoms with E-state index in [1.165, 1.54) is 6.07 Å². The van der Waals surface area contributed by atoms with Gasteiger partial charge < -0.3 is 5.73 Å². The van der Waals surface area contributed by atoms with E-state index >= 15 is 0 Å². The molecule has 2 N–H and O–H groups in total. The van der Waals surface area contributed by atoms with Crippen molar-refractivity contribution in [2.75, 3.05) is 19.6 Å². The van der Waals surface area contributed by atoms with Gasteiger partial charge in [0.15, 0.2) is 0 Å². The third-order valence-electron chi connectivity index (χ3n) is 4.06. The van der Waals surface area contributed by atoms with Crippen molar-refractivity contribution >= 4 is 21.6 Å². The molecule has 0 radical (unpaired) electrons. The van der Waals surface area contributed by atoms with E-state index in [0.29, 0.717) is 18.4 Å². The van der Waals surface area contributed by atoms with Crippen molar-refractivity contribution < 1.29 is 4.92 Å². The SMILES string of the molecule is CC1CCN(Cc2cc(Br)cc([N+](=O)[O-])c2)CC1CN. The van der Waals surface area contributed by atoms with Gasteiger partial charge in [0.25, 0.3) is 5.69 Å². The number of halogens is 1. The predicted octanol–water partition coefficient (Wildman–Crippen LogP) is 2.77. The molecule has 1 aromatic carbocycles. The van der Waals surface area contributed by atoms with Gasteiger partial charge in [0.05, 0.1) is 4.92 Å². The minimum absolute atomic E-state index is 0.134. The van der Waals surface area contributed by atoms with Crippen LogP contribution in [0.1, 0.15) is 18.9 Å². The summed E-state index contributed by atoms with van der Waals surface area (Å²) in [5, 5.41) is 10.9. The quantitative estimate of drug-likeness (QED) is 0.675. The van der Waals surface area contributed by atoms with Gasteiger partial charge >= 0.3 is 0 Å². The minimum Gasteiger partial charge on any atom is -0.330 e. The first kappa shape index (κ1) is 15.4. The number of benzene rings is 1. The monoisotopic (exact) mass is 341 g/mol. The van der Waals surface area contributed by atoms with Gasteiger partial charge in [0.2, 0.25) is 0 Å². The molecule has 2 unspecified atom stereocenters. The van der Waals surface area contributed by atoms with Crippen LogP contribution in [0.4, 0.5) is 5.69 Å². The molecule has 2 atom stereocenters. The minimum atomic E-state index is -0.352. The largest absolute Gasteiger partial charge is 0.330 e. The molecular formula is C14H20BrN3O2. The smallest absolute Gasteiger partial charge is 0.270 e. The van der Waals surface area contributed by atoms with Gasteiger partial charge in [-0.1, -0.05) is 22.9 Å². The molecule has 1 heterocycles. The molecule has 20 heavy (non-hydrogen) atoms. The summed E-state index contributed by atoms with van der Waals surface area (Å²) in [4.78, 5) is 12.9. The number of likely N-dealkylation sites (tertiary alicyclic amines) is 1. The van der Waals surface area contributed by atoms with Crippen molar-refractivity contribution in [1.82, 2.24) is 4.90 Å². The summed E-state index contributed by atoms with van der Waals surface area (Å²) >= 11 is 3.34. The Morgan fingerprint density at radius 3 is 2.90 bits per heavy atom. The molecular weight excluding hydrogens is 322 g/mol. The summed E-state index contributed by atoms with van der Waals surface area (Å²) < 4.78 is 0.752. The highest BCUT2D eigenvalue weighted by molar-refractivity contribution is 9.10. The first-order chi connectivity index (χ1) is 9.49. The highest BCUT2D eigenvalue weighted by atomic mass is 79.9. The summed E-state index contributed by atoms with van der Waals surface area (Å²) in [6.45, 7) is 5.69. The number of nitrogens with zero attached hydrogens (tertiary/aromatic N) is 2. The van der Waals surface area contributed by atoms with Gasteiger partial charge in [-0.3, -0.25) is 15.0 Å². The van der Waals surface area contributed by atoms with E-state index in [4.69, 9.17) is 5.73 Å². The Hall–Kier alpha value is -0.980. The highest BCUT2D eigenvalue weighted by Crippen LogP contribution is 2.26. The zero-order valence-corrected chi connectivity index (χ0v) is 13.2. The Balaban J connectivity index is 2.08. The number of nitro groups is 1. The van der Waals surface area contributed by atoms with Crippen LogP contribution in [0.15, 0.2) is 22.7 Å². The summed E-state index contributed by atoms with van der Waals surface area (Å²) in [6.07, 6.45) is 1.14. The maximum Gasteiger partial charge on any atom is 0.270 e. The van der Waals surface area contributed by atoms with Crippen LogP contribution in [0, 0.1) is 22.0 Å². The Kier molecular flexibility index (Phi) is 5.12. The molecule has 0 aliphatic carbocycles. The van der Waals surface area contributed by atoms with Crippen molar-refractivity contribution in [2.45, 2.75) is 19.9 Å². The van der Waals surface area contributed by atoms with E-state index in [0.717, 1.165) is 36.1 Å². The number of hydrogen-bond acceptors (Lipinski definition) is 4. The van der Waals surface area contributed by atoms with Crippen LogP contribution < -0.4 is 5.73 Å². The van der Waals surface area contributed by atoms with E-state index in [1.54, 1.807) is 6.07 Å². The van der Waals surface area contributed by atoms with E-state index in [1.807, 2.05) is 6.07 Å². The summed E-state index contributed by atoms with van der Waals surface area (Å²) in [5.41, 5.74) is 6.92. The molecule has 0 aromatic heterocycles. The lowest BCUT2D eigenvalue weighted by molar-refractivity contribution is -0.385. The van der Waals surface area contributed by atoms with Gasteiger partial charge in [-0.25, -0.2) is 0 Å². The molecule has 6 heteroatoms. The summed E-state index contributed by atoms with van der Waals surface area (Å²) in [5.74, 6) is 1.18. The first-order valence-corrected chi connectivity index (χ1v) is 7.65. The molecule has 1 saturated heterocycles. The third kappa shape index (κ3) is 3.77. The van der Waals surface area contributed by atoms with Gasteiger partial charge in [-0.15, -0.1) is 0 Å². The lowest BCUT2D eigenvalue weighted by atomic mass is 9.87. The second kappa shape index (κ2) is 6.65. The molecule has 0 amide bonds. The standard InChI is InChI=1S/C14H20BrN3O2/c1-10-2-3-17(9-12(10)7-16)8-11-4-13(15)6-14(5-11)18(19)20/h4-6,10,12H,2-3,7-9,16H2,1H3. The van der Waals surface area contributed by atoms with E-state index < -0.39 is 0 Å². The first-order valence-electron chi connectivity index (χ1n) is 6.86. The second-order valence-electron chi connectivity index (χ2n) is 5.57. The molecule has 1 aliphatic rings. The fourth-order valence-corrected chi connectivity index (χ4v) is 3.29. The van der Waals surface area contributed by atoms with Gasteiger partial charge in [-0.2, -0.15) is 0 Å². The zero-order valence-electron chi connectivity index (χ0n) is 11.6. The van der Waals surface area contributed by atoms with Crippen molar-refractivity contribution in [3.63, 3.8) is 0 Å². The van der Waals surface area contributed by atoms with Crippen LogP contribution >= 0.6 is 15.9 Å².